The zero-order chi connectivity index (χ0) is 22.8. The topological polar surface area (TPSA) is 102 Å². The fourth-order valence-electron chi connectivity index (χ4n) is 3.87. The molecule has 0 spiro atoms. The van der Waals surface area contributed by atoms with Crippen molar-refractivity contribution in [1.29, 1.82) is 0 Å². The third-order valence-corrected chi connectivity index (χ3v) is 8.10. The minimum atomic E-state index is -3.34. The highest BCUT2D eigenvalue weighted by Gasteiger charge is 2.47. The van der Waals surface area contributed by atoms with E-state index in [0.29, 0.717) is 18.9 Å². The summed E-state index contributed by atoms with van der Waals surface area (Å²) >= 11 is 0. The monoisotopic (exact) mass is 468 g/mol. The van der Waals surface area contributed by atoms with Crippen LogP contribution in [0.3, 0.4) is 0 Å². The summed E-state index contributed by atoms with van der Waals surface area (Å²) in [5.41, 5.74) is 0.346. The van der Waals surface area contributed by atoms with Gasteiger partial charge in [-0.1, -0.05) is 6.07 Å². The van der Waals surface area contributed by atoms with Crippen LogP contribution in [-0.4, -0.2) is 63.3 Å². The lowest BCUT2D eigenvalue weighted by molar-refractivity contribution is -0.122. The van der Waals surface area contributed by atoms with Gasteiger partial charge in [-0.3, -0.25) is 10.1 Å². The minimum absolute atomic E-state index is 0.0162. The summed E-state index contributed by atoms with van der Waals surface area (Å²) in [4.78, 5) is 24.1. The summed E-state index contributed by atoms with van der Waals surface area (Å²) in [6.07, 6.45) is 4.25. The number of nitrogens with zero attached hydrogens (tertiary/aromatic N) is 1. The number of hydrogen-bond acceptors (Lipinski definition) is 6. The smallest absolute Gasteiger partial charge is 0.325 e. The normalized spacial score (nSPS) is 20.2. The summed E-state index contributed by atoms with van der Waals surface area (Å²) in [6, 6.07) is 4.20. The van der Waals surface area contributed by atoms with Crippen molar-refractivity contribution in [3.05, 3.63) is 29.6 Å². The molecule has 1 aromatic rings. The van der Waals surface area contributed by atoms with Gasteiger partial charge in [0.25, 0.3) is 0 Å². The molecule has 3 fully saturated rings. The molecule has 1 aliphatic heterocycles. The zero-order valence-corrected chi connectivity index (χ0v) is 18.8. The van der Waals surface area contributed by atoms with Crippen LogP contribution in [0.2, 0.25) is 0 Å². The van der Waals surface area contributed by atoms with Crippen LogP contribution < -0.4 is 10.1 Å². The Kier molecular flexibility index (Phi) is 6.71. The summed E-state index contributed by atoms with van der Waals surface area (Å²) < 4.78 is 50.6. The molecule has 10 heteroatoms. The molecule has 1 saturated heterocycles. The van der Waals surface area contributed by atoms with Crippen molar-refractivity contribution in [2.24, 2.45) is 5.92 Å². The van der Waals surface area contributed by atoms with Crippen molar-refractivity contribution >= 4 is 21.8 Å². The van der Waals surface area contributed by atoms with Crippen LogP contribution in [0.15, 0.2) is 18.2 Å². The van der Waals surface area contributed by atoms with Gasteiger partial charge in [0.05, 0.1) is 18.1 Å². The number of ether oxygens (including phenoxy) is 2. The maximum absolute atomic E-state index is 14.1. The fraction of sp³-hybridized carbons (Fsp3) is 0.636. The molecular formula is C22H29FN2O6S. The lowest BCUT2D eigenvalue weighted by atomic mass is 9.98. The maximum atomic E-state index is 14.1. The highest BCUT2D eigenvalue weighted by molar-refractivity contribution is 7.91. The van der Waals surface area contributed by atoms with Crippen LogP contribution in [-0.2, 0) is 24.8 Å². The molecule has 1 heterocycles. The quantitative estimate of drug-likeness (QED) is 0.473. The number of hydrogen-bond donors (Lipinski definition) is 1. The number of carbonyl (C=O) groups is 2. The highest BCUT2D eigenvalue weighted by atomic mass is 32.2. The van der Waals surface area contributed by atoms with Gasteiger partial charge >= 0.3 is 6.03 Å². The van der Waals surface area contributed by atoms with E-state index in [2.05, 4.69) is 5.32 Å². The molecule has 8 nitrogen and oxygen atoms in total. The number of rotatable bonds is 12. The Morgan fingerprint density at radius 3 is 2.69 bits per heavy atom. The number of amides is 3. The third kappa shape index (κ3) is 5.98. The fourth-order valence-corrected chi connectivity index (χ4v) is 5.87. The lowest BCUT2D eigenvalue weighted by Crippen LogP contribution is -2.50. The molecule has 1 N–H and O–H groups in total. The maximum Gasteiger partial charge on any atom is 0.325 e. The number of urea groups is 1. The molecule has 1 aromatic carbocycles. The van der Waals surface area contributed by atoms with Crippen LogP contribution in [0.1, 0.15) is 44.1 Å². The molecule has 3 aliphatic rings. The first kappa shape index (κ1) is 23.0. The Balaban J connectivity index is 1.24. The molecule has 32 heavy (non-hydrogen) atoms. The van der Waals surface area contributed by atoms with Crippen LogP contribution in [0.4, 0.5) is 9.18 Å². The standard InChI is InChI=1S/C22H29FN2O6S/c23-18-5-4-17(12-19(18)31-13-16-2-3-16)22(7-8-22)14-32(28,29)11-1-10-30-15-25-9-6-20(26)24-21(25)27/h4-5,12,16H,1-3,6-11,13-15H2,(H,24,26,27). The van der Waals surface area contributed by atoms with Crippen molar-refractivity contribution in [3.63, 3.8) is 0 Å². The number of nitrogens with one attached hydrogen (secondary N) is 1. The van der Waals surface area contributed by atoms with Gasteiger partial charge in [0.15, 0.2) is 21.4 Å². The molecule has 0 bridgehead atoms. The zero-order valence-electron chi connectivity index (χ0n) is 18.0. The van der Waals surface area contributed by atoms with Crippen LogP contribution in [0.25, 0.3) is 0 Å². The van der Waals surface area contributed by atoms with Gasteiger partial charge < -0.3 is 14.4 Å². The Hall–Kier alpha value is -2.20. The molecule has 3 amide bonds. The number of halogens is 1. The van der Waals surface area contributed by atoms with Crippen LogP contribution in [0, 0.1) is 11.7 Å². The Morgan fingerprint density at radius 1 is 1.22 bits per heavy atom. The van der Waals surface area contributed by atoms with E-state index in [4.69, 9.17) is 9.47 Å². The van der Waals surface area contributed by atoms with E-state index in [9.17, 15) is 22.4 Å². The highest BCUT2D eigenvalue weighted by Crippen LogP contribution is 2.50. The molecule has 0 aromatic heterocycles. The third-order valence-electron chi connectivity index (χ3n) is 6.20. The lowest BCUT2D eigenvalue weighted by Gasteiger charge is -2.26. The van der Waals surface area contributed by atoms with Gasteiger partial charge in [-0.25, -0.2) is 17.6 Å². The minimum Gasteiger partial charge on any atom is -0.490 e. The van der Waals surface area contributed by atoms with Gasteiger partial charge in [0.1, 0.15) is 6.73 Å². The second-order valence-electron chi connectivity index (χ2n) is 9.03. The first-order valence-corrected chi connectivity index (χ1v) is 12.9. The van der Waals surface area contributed by atoms with Gasteiger partial charge in [-0.2, -0.15) is 0 Å². The van der Waals surface area contributed by atoms with E-state index in [0.717, 1.165) is 31.2 Å². The molecule has 2 aliphatic carbocycles. The molecule has 0 radical (unpaired) electrons. The Bertz CT molecular complexity index is 975. The van der Waals surface area contributed by atoms with Crippen molar-refractivity contribution in [3.8, 4) is 5.75 Å². The molecule has 2 saturated carbocycles. The van der Waals surface area contributed by atoms with Crippen molar-refractivity contribution < 1.29 is 31.9 Å². The Labute approximate surface area is 187 Å². The number of carbonyl (C=O) groups excluding carboxylic acids is 2. The second-order valence-corrected chi connectivity index (χ2v) is 11.2. The second kappa shape index (κ2) is 9.35. The molecule has 176 valence electrons. The summed E-state index contributed by atoms with van der Waals surface area (Å²) in [6.45, 7) is 0.999. The molecule has 4 rings (SSSR count). The van der Waals surface area contributed by atoms with Crippen molar-refractivity contribution in [2.45, 2.75) is 43.9 Å². The molecule has 0 atom stereocenters. The first-order chi connectivity index (χ1) is 15.3. The van der Waals surface area contributed by atoms with Gasteiger partial charge in [0, 0.05) is 25.0 Å². The average Bonchev–Trinajstić information content (AvgIpc) is 3.65. The van der Waals surface area contributed by atoms with E-state index in [1.54, 1.807) is 12.1 Å². The van der Waals surface area contributed by atoms with Crippen LogP contribution in [0.5, 0.6) is 5.75 Å². The van der Waals surface area contributed by atoms with Gasteiger partial charge in [-0.15, -0.1) is 0 Å². The van der Waals surface area contributed by atoms with Crippen molar-refractivity contribution in [2.75, 3.05) is 38.0 Å². The van der Waals surface area contributed by atoms with E-state index in [1.807, 2.05) is 0 Å². The number of sulfone groups is 1. The number of benzene rings is 1. The summed E-state index contributed by atoms with van der Waals surface area (Å²) in [7, 11) is -3.34. The largest absolute Gasteiger partial charge is 0.490 e. The van der Waals surface area contributed by atoms with Crippen LogP contribution >= 0.6 is 0 Å². The first-order valence-electron chi connectivity index (χ1n) is 11.1. The van der Waals surface area contributed by atoms with Gasteiger partial charge in [-0.05, 0) is 55.7 Å². The van der Waals surface area contributed by atoms with E-state index in [-0.39, 0.29) is 49.5 Å². The number of imide groups is 1. The van der Waals surface area contributed by atoms with E-state index >= 15 is 0 Å². The van der Waals surface area contributed by atoms with E-state index in [1.165, 1.54) is 11.0 Å². The molecule has 0 unspecified atom stereocenters. The predicted octanol–water partition coefficient (Wildman–Crippen LogP) is 2.37. The molecular weight excluding hydrogens is 439 g/mol. The van der Waals surface area contributed by atoms with Gasteiger partial charge in [0.2, 0.25) is 5.91 Å². The van der Waals surface area contributed by atoms with Crippen molar-refractivity contribution in [1.82, 2.24) is 10.2 Å². The average molecular weight is 469 g/mol. The summed E-state index contributed by atoms with van der Waals surface area (Å²) in [5, 5.41) is 2.21. The summed E-state index contributed by atoms with van der Waals surface area (Å²) in [5.74, 6) is -0.0287. The van der Waals surface area contributed by atoms with E-state index < -0.39 is 27.1 Å². The Morgan fingerprint density at radius 2 is 2.00 bits per heavy atom. The SMILES string of the molecule is O=C1CCN(COCCCS(=O)(=O)CC2(c3ccc(F)c(OCC4CC4)c3)CC2)C(=O)N1. The predicted molar refractivity (Wildman–Crippen MR) is 114 cm³/mol.